The molecule has 2 aromatic rings. The van der Waals surface area contributed by atoms with Crippen LogP contribution in [-0.4, -0.2) is 42.4 Å². The van der Waals surface area contributed by atoms with E-state index in [0.717, 1.165) is 29.4 Å². The maximum Gasteiger partial charge on any atom is 0.264 e. The lowest BCUT2D eigenvalue weighted by atomic mass is 10.0. The van der Waals surface area contributed by atoms with Crippen LogP contribution in [0.5, 0.6) is 0 Å². The van der Waals surface area contributed by atoms with Crippen molar-refractivity contribution in [3.8, 4) is 0 Å². The van der Waals surface area contributed by atoms with Crippen molar-refractivity contribution in [1.82, 2.24) is 9.80 Å². The zero-order valence-electron chi connectivity index (χ0n) is 11.9. The van der Waals surface area contributed by atoms with Crippen molar-refractivity contribution >= 4 is 29.9 Å². The summed E-state index contributed by atoms with van der Waals surface area (Å²) in [6.45, 7) is 2.54. The second-order valence-corrected chi connectivity index (χ2v) is 6.78. The van der Waals surface area contributed by atoms with Gasteiger partial charge in [0.15, 0.2) is 0 Å². The van der Waals surface area contributed by atoms with E-state index in [1.54, 1.807) is 0 Å². The fraction of sp³-hybridized carbons (Fsp3) is 0.312. The molecule has 1 atom stereocenters. The van der Waals surface area contributed by atoms with Gasteiger partial charge in [-0.3, -0.25) is 4.79 Å². The predicted molar refractivity (Wildman–Crippen MR) is 89.3 cm³/mol. The molecule has 3 rings (SSSR count). The zero-order chi connectivity index (χ0) is 14.8. The van der Waals surface area contributed by atoms with Gasteiger partial charge in [-0.1, -0.05) is 30.3 Å². The molecule has 21 heavy (non-hydrogen) atoms. The third kappa shape index (κ3) is 3.15. The first-order valence-electron chi connectivity index (χ1n) is 6.97. The first kappa shape index (κ1) is 14.6. The highest BCUT2D eigenvalue weighted by Crippen LogP contribution is 2.28. The summed E-state index contributed by atoms with van der Waals surface area (Å²) in [7, 11) is 2.11. The number of piperazine rings is 1. The van der Waals surface area contributed by atoms with Crippen molar-refractivity contribution in [2.45, 2.75) is 10.9 Å². The summed E-state index contributed by atoms with van der Waals surface area (Å²) in [5.41, 5.74) is 1.19. The SMILES string of the molecule is CN1CCN(C(=O)c2cc(S)cs2)C(c2ccccc2)C1. The van der Waals surface area contributed by atoms with E-state index >= 15 is 0 Å². The highest BCUT2D eigenvalue weighted by molar-refractivity contribution is 7.80. The van der Waals surface area contributed by atoms with Crippen LogP contribution in [0.3, 0.4) is 0 Å². The molecule has 1 unspecified atom stereocenters. The Hall–Kier alpha value is -1.30. The number of carbonyl (C=O) groups is 1. The molecular formula is C16H18N2OS2. The van der Waals surface area contributed by atoms with Gasteiger partial charge in [0, 0.05) is 29.9 Å². The number of carbonyl (C=O) groups excluding carboxylic acids is 1. The number of thiol groups is 1. The Bertz CT molecular complexity index is 626. The lowest BCUT2D eigenvalue weighted by Gasteiger charge is -2.40. The molecule has 1 saturated heterocycles. The number of nitrogens with zero attached hydrogens (tertiary/aromatic N) is 2. The topological polar surface area (TPSA) is 23.6 Å². The largest absolute Gasteiger partial charge is 0.328 e. The van der Waals surface area contributed by atoms with Crippen LogP contribution < -0.4 is 0 Å². The van der Waals surface area contributed by atoms with E-state index in [-0.39, 0.29) is 11.9 Å². The second-order valence-electron chi connectivity index (χ2n) is 5.36. The molecule has 110 valence electrons. The van der Waals surface area contributed by atoms with Crippen LogP contribution in [-0.2, 0) is 0 Å². The molecule has 0 radical (unpaired) electrons. The molecule has 0 N–H and O–H groups in total. The molecule has 3 nitrogen and oxygen atoms in total. The number of amides is 1. The van der Waals surface area contributed by atoms with E-state index in [1.165, 1.54) is 16.9 Å². The van der Waals surface area contributed by atoms with Crippen molar-refractivity contribution in [3.05, 3.63) is 52.2 Å². The minimum atomic E-state index is 0.113. The van der Waals surface area contributed by atoms with Crippen LogP contribution in [0, 0.1) is 0 Å². The van der Waals surface area contributed by atoms with Gasteiger partial charge in [-0.25, -0.2) is 0 Å². The maximum absolute atomic E-state index is 12.8. The average molecular weight is 318 g/mol. The van der Waals surface area contributed by atoms with Crippen molar-refractivity contribution in [2.24, 2.45) is 0 Å². The second kappa shape index (κ2) is 6.22. The fourth-order valence-electron chi connectivity index (χ4n) is 2.70. The number of hydrogen-bond donors (Lipinski definition) is 1. The smallest absolute Gasteiger partial charge is 0.264 e. The summed E-state index contributed by atoms with van der Waals surface area (Å²) in [4.78, 5) is 18.7. The molecule has 0 aliphatic carbocycles. The lowest BCUT2D eigenvalue weighted by molar-refractivity contribution is 0.0502. The van der Waals surface area contributed by atoms with Gasteiger partial charge in [0.05, 0.1) is 10.9 Å². The van der Waals surface area contributed by atoms with Crippen molar-refractivity contribution in [3.63, 3.8) is 0 Å². The van der Waals surface area contributed by atoms with Gasteiger partial charge in [0.25, 0.3) is 5.91 Å². The number of hydrogen-bond acceptors (Lipinski definition) is 4. The molecule has 1 aromatic carbocycles. The molecule has 0 saturated carbocycles. The Kier molecular flexibility index (Phi) is 4.33. The van der Waals surface area contributed by atoms with E-state index in [9.17, 15) is 4.79 Å². The summed E-state index contributed by atoms with van der Waals surface area (Å²) in [6, 6.07) is 12.2. The molecule has 1 fully saturated rings. The summed E-state index contributed by atoms with van der Waals surface area (Å²) >= 11 is 5.77. The number of rotatable bonds is 2. The van der Waals surface area contributed by atoms with Gasteiger partial charge in [-0.2, -0.15) is 0 Å². The normalized spacial score (nSPS) is 19.7. The summed E-state index contributed by atoms with van der Waals surface area (Å²) < 4.78 is 0. The van der Waals surface area contributed by atoms with Crippen LogP contribution in [0.4, 0.5) is 0 Å². The van der Waals surface area contributed by atoms with Crippen LogP contribution >= 0.6 is 24.0 Å². The van der Waals surface area contributed by atoms with Gasteiger partial charge >= 0.3 is 0 Å². The van der Waals surface area contributed by atoms with Crippen molar-refractivity contribution in [1.29, 1.82) is 0 Å². The molecule has 1 amide bonds. The average Bonchev–Trinajstić information content (AvgIpc) is 2.94. The van der Waals surface area contributed by atoms with E-state index in [1.807, 2.05) is 34.5 Å². The van der Waals surface area contributed by atoms with Crippen LogP contribution in [0.15, 0.2) is 46.7 Å². The van der Waals surface area contributed by atoms with Crippen LogP contribution in [0.2, 0.25) is 0 Å². The van der Waals surface area contributed by atoms with E-state index in [4.69, 9.17) is 0 Å². The number of likely N-dealkylation sites (N-methyl/N-ethyl adjacent to an activating group) is 1. The zero-order valence-corrected chi connectivity index (χ0v) is 13.6. The summed E-state index contributed by atoms with van der Waals surface area (Å²) in [5.74, 6) is 0.113. The quantitative estimate of drug-likeness (QED) is 0.860. The molecule has 1 aliphatic rings. The molecule has 0 bridgehead atoms. The fourth-order valence-corrected chi connectivity index (χ4v) is 3.81. The molecule has 1 aromatic heterocycles. The Balaban J connectivity index is 1.89. The minimum Gasteiger partial charge on any atom is -0.328 e. The molecule has 2 heterocycles. The Labute approximate surface area is 134 Å². The van der Waals surface area contributed by atoms with Gasteiger partial charge in [0.2, 0.25) is 0 Å². The number of thiophene rings is 1. The highest BCUT2D eigenvalue weighted by Gasteiger charge is 2.31. The van der Waals surface area contributed by atoms with Crippen LogP contribution in [0.25, 0.3) is 0 Å². The lowest BCUT2D eigenvalue weighted by Crippen LogP contribution is -2.49. The summed E-state index contributed by atoms with van der Waals surface area (Å²) in [5, 5.41) is 1.91. The molecular weight excluding hydrogens is 300 g/mol. The third-order valence-electron chi connectivity index (χ3n) is 3.83. The minimum absolute atomic E-state index is 0.113. The first-order chi connectivity index (χ1) is 10.1. The van der Waals surface area contributed by atoms with E-state index in [0.29, 0.717) is 0 Å². The van der Waals surface area contributed by atoms with Gasteiger partial charge in [0.1, 0.15) is 0 Å². The van der Waals surface area contributed by atoms with E-state index < -0.39 is 0 Å². The monoisotopic (exact) mass is 318 g/mol. The molecule has 1 aliphatic heterocycles. The van der Waals surface area contributed by atoms with Gasteiger partial charge in [-0.15, -0.1) is 24.0 Å². The Morgan fingerprint density at radius 3 is 2.71 bits per heavy atom. The van der Waals surface area contributed by atoms with Crippen LogP contribution in [0.1, 0.15) is 21.3 Å². The standard InChI is InChI=1S/C16H18N2OS2/c1-17-7-8-18(16(19)15-9-13(20)11-21-15)14(10-17)12-5-3-2-4-6-12/h2-6,9,11,14,20H,7-8,10H2,1H3. The summed E-state index contributed by atoms with van der Waals surface area (Å²) in [6.07, 6.45) is 0. The highest BCUT2D eigenvalue weighted by atomic mass is 32.1. The van der Waals surface area contributed by atoms with E-state index in [2.05, 4.69) is 36.7 Å². The molecule has 5 heteroatoms. The Morgan fingerprint density at radius 2 is 2.05 bits per heavy atom. The number of benzene rings is 1. The van der Waals surface area contributed by atoms with Crippen molar-refractivity contribution < 1.29 is 4.79 Å². The van der Waals surface area contributed by atoms with Crippen molar-refractivity contribution in [2.75, 3.05) is 26.7 Å². The molecule has 0 spiro atoms. The third-order valence-corrected chi connectivity index (χ3v) is 5.18. The van der Waals surface area contributed by atoms with Gasteiger partial charge < -0.3 is 9.80 Å². The Morgan fingerprint density at radius 1 is 1.29 bits per heavy atom. The predicted octanol–water partition coefficient (Wildman–Crippen LogP) is 3.17. The maximum atomic E-state index is 12.8. The first-order valence-corrected chi connectivity index (χ1v) is 8.30. The van der Waals surface area contributed by atoms with Gasteiger partial charge in [-0.05, 0) is 18.7 Å².